The first-order chi connectivity index (χ1) is 8.47. The van der Waals surface area contributed by atoms with Crippen LogP contribution in [0.25, 0.3) is 11.0 Å². The molecule has 2 aromatic rings. The Morgan fingerprint density at radius 1 is 1.44 bits per heavy atom. The van der Waals surface area contributed by atoms with Crippen LogP contribution in [0.4, 0.5) is 0 Å². The van der Waals surface area contributed by atoms with Crippen LogP contribution in [-0.2, 0) is 9.31 Å². The molecule has 0 bridgehead atoms. The van der Waals surface area contributed by atoms with Crippen molar-refractivity contribution in [3.05, 3.63) is 24.0 Å². The Labute approximate surface area is 107 Å². The summed E-state index contributed by atoms with van der Waals surface area (Å²) in [7, 11) is -0.318. The van der Waals surface area contributed by atoms with Gasteiger partial charge in [0.05, 0.1) is 11.7 Å². The van der Waals surface area contributed by atoms with E-state index in [1.165, 1.54) is 5.56 Å². The summed E-state index contributed by atoms with van der Waals surface area (Å²) in [6.45, 7) is 8.19. The van der Waals surface area contributed by atoms with Crippen molar-refractivity contribution in [1.82, 2.24) is 9.97 Å². The molecule has 0 aliphatic carbocycles. The molecule has 0 saturated carbocycles. The molecule has 3 heterocycles. The highest BCUT2D eigenvalue weighted by atomic mass is 16.7. The predicted octanol–water partition coefficient (Wildman–Crippen LogP) is 1.78. The van der Waals surface area contributed by atoms with Crippen molar-refractivity contribution in [3.8, 4) is 0 Å². The average Bonchev–Trinajstić information content (AvgIpc) is 2.81. The zero-order chi connectivity index (χ0) is 12.9. The molecule has 1 aliphatic rings. The summed E-state index contributed by atoms with van der Waals surface area (Å²) in [6, 6.07) is 2.09. The Bertz CT molecular complexity index is 594. The second kappa shape index (κ2) is 3.83. The number of aromatic amines is 1. The highest BCUT2D eigenvalue weighted by Gasteiger charge is 2.44. The van der Waals surface area contributed by atoms with E-state index >= 15 is 0 Å². The van der Waals surface area contributed by atoms with E-state index in [-0.39, 0.29) is 18.8 Å². The standard InChI is InChI=1S/C13H17BN2O2/c1-8-6-15-12-11(8)5-10(7-16-12)14-17-9(2)13(3,4)18-14/h5-7,9H,1-4H3,(H,15,16). The topological polar surface area (TPSA) is 47.1 Å². The number of hydrogen-bond acceptors (Lipinski definition) is 3. The number of H-pyrrole nitrogens is 1. The number of aromatic nitrogens is 2. The quantitative estimate of drug-likeness (QED) is 0.778. The number of fused-ring (bicyclic) bond motifs is 1. The minimum atomic E-state index is -0.318. The van der Waals surface area contributed by atoms with Gasteiger partial charge in [-0.25, -0.2) is 4.98 Å². The SMILES string of the molecule is Cc1c[nH]c2ncc(B3OC(C)C(C)(C)O3)cc12. The van der Waals surface area contributed by atoms with Crippen LogP contribution < -0.4 is 5.46 Å². The molecule has 0 aromatic carbocycles. The van der Waals surface area contributed by atoms with Gasteiger partial charge in [-0.2, -0.15) is 0 Å². The Morgan fingerprint density at radius 3 is 2.89 bits per heavy atom. The van der Waals surface area contributed by atoms with Gasteiger partial charge in [-0.15, -0.1) is 0 Å². The molecule has 1 fully saturated rings. The Morgan fingerprint density at radius 2 is 2.22 bits per heavy atom. The van der Waals surface area contributed by atoms with Gasteiger partial charge in [-0.3, -0.25) is 0 Å². The van der Waals surface area contributed by atoms with Gasteiger partial charge in [0.1, 0.15) is 5.65 Å². The fourth-order valence-electron chi connectivity index (χ4n) is 2.18. The molecule has 18 heavy (non-hydrogen) atoms. The molecule has 1 saturated heterocycles. The van der Waals surface area contributed by atoms with Crippen LogP contribution in [0.1, 0.15) is 26.3 Å². The lowest BCUT2D eigenvalue weighted by atomic mass is 9.80. The van der Waals surface area contributed by atoms with Gasteiger partial charge in [-0.05, 0) is 39.3 Å². The molecule has 94 valence electrons. The van der Waals surface area contributed by atoms with Gasteiger partial charge in [0.15, 0.2) is 0 Å². The van der Waals surface area contributed by atoms with Crippen molar-refractivity contribution in [2.45, 2.75) is 39.4 Å². The van der Waals surface area contributed by atoms with Crippen LogP contribution in [0.15, 0.2) is 18.5 Å². The molecule has 1 atom stereocenters. The molecular formula is C13H17BN2O2. The highest BCUT2D eigenvalue weighted by molar-refractivity contribution is 6.62. The fourth-order valence-corrected chi connectivity index (χ4v) is 2.18. The molecule has 4 nitrogen and oxygen atoms in total. The summed E-state index contributed by atoms with van der Waals surface area (Å²) in [4.78, 5) is 7.54. The minimum absolute atomic E-state index is 0.0746. The molecule has 1 unspecified atom stereocenters. The molecule has 2 aromatic heterocycles. The van der Waals surface area contributed by atoms with Gasteiger partial charge < -0.3 is 14.3 Å². The van der Waals surface area contributed by atoms with E-state index in [2.05, 4.69) is 23.0 Å². The normalized spacial score (nSPS) is 22.9. The van der Waals surface area contributed by atoms with Crippen molar-refractivity contribution in [3.63, 3.8) is 0 Å². The molecule has 1 N–H and O–H groups in total. The lowest BCUT2D eigenvalue weighted by Crippen LogP contribution is -2.35. The van der Waals surface area contributed by atoms with Crippen molar-refractivity contribution in [1.29, 1.82) is 0 Å². The monoisotopic (exact) mass is 244 g/mol. The Balaban J connectivity index is 1.98. The summed E-state index contributed by atoms with van der Waals surface area (Å²) < 4.78 is 11.8. The minimum Gasteiger partial charge on any atom is -0.402 e. The second-order valence-corrected chi connectivity index (χ2v) is 5.47. The summed E-state index contributed by atoms with van der Waals surface area (Å²) >= 11 is 0. The summed E-state index contributed by atoms with van der Waals surface area (Å²) in [6.07, 6.45) is 3.85. The first-order valence-corrected chi connectivity index (χ1v) is 6.24. The number of aryl methyl sites for hydroxylation is 1. The molecule has 1 aliphatic heterocycles. The molecule has 0 spiro atoms. The van der Waals surface area contributed by atoms with Crippen LogP contribution >= 0.6 is 0 Å². The molecule has 3 rings (SSSR count). The lowest BCUT2D eigenvalue weighted by molar-refractivity contribution is 0.0842. The van der Waals surface area contributed by atoms with Gasteiger partial charge in [0.25, 0.3) is 0 Å². The van der Waals surface area contributed by atoms with Crippen LogP contribution in [-0.4, -0.2) is 28.8 Å². The van der Waals surface area contributed by atoms with E-state index in [9.17, 15) is 0 Å². The maximum atomic E-state index is 5.94. The summed E-state index contributed by atoms with van der Waals surface area (Å²) in [5.41, 5.74) is 2.81. The van der Waals surface area contributed by atoms with Crippen molar-refractivity contribution in [2.75, 3.05) is 0 Å². The first-order valence-electron chi connectivity index (χ1n) is 6.24. The van der Waals surface area contributed by atoms with Crippen LogP contribution in [0.2, 0.25) is 0 Å². The number of rotatable bonds is 1. The Hall–Kier alpha value is -1.33. The van der Waals surface area contributed by atoms with Crippen LogP contribution in [0.5, 0.6) is 0 Å². The number of hydrogen-bond donors (Lipinski definition) is 1. The van der Waals surface area contributed by atoms with E-state index in [0.29, 0.717) is 0 Å². The third-order valence-electron chi connectivity index (χ3n) is 3.75. The van der Waals surface area contributed by atoms with E-state index in [1.54, 1.807) is 0 Å². The third kappa shape index (κ3) is 1.74. The zero-order valence-corrected chi connectivity index (χ0v) is 11.2. The largest absolute Gasteiger partial charge is 0.496 e. The number of pyridine rings is 1. The first kappa shape index (κ1) is 11.7. The number of nitrogens with zero attached hydrogens (tertiary/aromatic N) is 1. The van der Waals surface area contributed by atoms with Crippen LogP contribution in [0, 0.1) is 6.92 Å². The second-order valence-electron chi connectivity index (χ2n) is 5.47. The van der Waals surface area contributed by atoms with Gasteiger partial charge in [0.2, 0.25) is 0 Å². The maximum Gasteiger partial charge on any atom is 0.496 e. The smallest absolute Gasteiger partial charge is 0.402 e. The average molecular weight is 244 g/mol. The molecule has 5 heteroatoms. The molecule has 0 amide bonds. The number of nitrogens with one attached hydrogen (secondary N) is 1. The summed E-state index contributed by atoms with van der Waals surface area (Å²) in [5, 5.41) is 1.12. The van der Waals surface area contributed by atoms with Crippen molar-refractivity contribution < 1.29 is 9.31 Å². The van der Waals surface area contributed by atoms with Crippen LogP contribution in [0.3, 0.4) is 0 Å². The molecular weight excluding hydrogens is 227 g/mol. The highest BCUT2D eigenvalue weighted by Crippen LogP contribution is 2.27. The molecule has 0 radical (unpaired) electrons. The van der Waals surface area contributed by atoms with E-state index in [0.717, 1.165) is 16.5 Å². The maximum absolute atomic E-state index is 5.94. The van der Waals surface area contributed by atoms with Gasteiger partial charge >= 0.3 is 7.12 Å². The fraction of sp³-hybridized carbons (Fsp3) is 0.462. The van der Waals surface area contributed by atoms with Gasteiger partial charge in [-0.1, -0.05) is 0 Å². The van der Waals surface area contributed by atoms with Gasteiger partial charge in [0, 0.05) is 23.2 Å². The lowest BCUT2D eigenvalue weighted by Gasteiger charge is -2.21. The predicted molar refractivity (Wildman–Crippen MR) is 71.9 cm³/mol. The van der Waals surface area contributed by atoms with Crippen molar-refractivity contribution in [2.24, 2.45) is 0 Å². The van der Waals surface area contributed by atoms with E-state index < -0.39 is 0 Å². The van der Waals surface area contributed by atoms with E-state index in [4.69, 9.17) is 9.31 Å². The van der Waals surface area contributed by atoms with E-state index in [1.807, 2.05) is 33.2 Å². The third-order valence-corrected chi connectivity index (χ3v) is 3.75. The van der Waals surface area contributed by atoms with Crippen molar-refractivity contribution >= 4 is 23.6 Å². The summed E-state index contributed by atoms with van der Waals surface area (Å²) in [5.74, 6) is 0. The zero-order valence-electron chi connectivity index (χ0n) is 11.2. The Kier molecular flexibility index (Phi) is 2.50.